The number of carbonyl (C=O) groups excluding carboxylic acids is 1. The van der Waals surface area contributed by atoms with Crippen LogP contribution in [0, 0.1) is 0 Å². The van der Waals surface area contributed by atoms with Crippen molar-refractivity contribution in [2.24, 2.45) is 0 Å². The Hall–Kier alpha value is -4.50. The van der Waals surface area contributed by atoms with Crippen LogP contribution in [0.5, 0.6) is 0 Å². The number of hydrogen-bond donors (Lipinski definition) is 2. The van der Waals surface area contributed by atoms with Gasteiger partial charge >= 0.3 is 0 Å². The first kappa shape index (κ1) is 24.5. The summed E-state index contributed by atoms with van der Waals surface area (Å²) in [5.74, 6) is 1.69. The van der Waals surface area contributed by atoms with Gasteiger partial charge in [-0.1, -0.05) is 36.4 Å². The monoisotopic (exact) mass is 533 g/mol. The predicted octanol–water partition coefficient (Wildman–Crippen LogP) is 4.29. The SMILES string of the molecule is CC(O)(c1ccc(-c2nc([C@@H]3CC[C@H]4CCC(=O)N4C3)n3ccnc(N)c23)cc1)c1cccc(-n2ccnc2)c1. The largest absolute Gasteiger partial charge is 0.382 e. The predicted molar refractivity (Wildman–Crippen MR) is 152 cm³/mol. The Morgan fingerprint density at radius 3 is 2.67 bits per heavy atom. The molecule has 0 spiro atoms. The van der Waals surface area contributed by atoms with E-state index in [4.69, 9.17) is 10.7 Å². The molecule has 5 aromatic rings. The van der Waals surface area contributed by atoms with E-state index in [1.165, 1.54) is 0 Å². The van der Waals surface area contributed by atoms with Gasteiger partial charge in [0.1, 0.15) is 28.5 Å². The molecule has 0 aliphatic carbocycles. The van der Waals surface area contributed by atoms with Crippen molar-refractivity contribution in [3.8, 4) is 16.9 Å². The average Bonchev–Trinajstić information content (AvgIpc) is 3.73. The van der Waals surface area contributed by atoms with Gasteiger partial charge in [-0.15, -0.1) is 0 Å². The molecule has 9 heteroatoms. The highest BCUT2D eigenvalue weighted by atomic mass is 16.3. The number of anilines is 1. The van der Waals surface area contributed by atoms with Crippen LogP contribution in [0.1, 0.15) is 55.5 Å². The van der Waals surface area contributed by atoms with Crippen LogP contribution in [0.3, 0.4) is 0 Å². The first-order chi connectivity index (χ1) is 19.4. The van der Waals surface area contributed by atoms with E-state index in [0.29, 0.717) is 24.8 Å². The molecule has 2 fully saturated rings. The summed E-state index contributed by atoms with van der Waals surface area (Å²) in [4.78, 5) is 28.1. The Bertz CT molecular complexity index is 1710. The molecule has 5 heterocycles. The van der Waals surface area contributed by atoms with Crippen molar-refractivity contribution < 1.29 is 9.90 Å². The maximum atomic E-state index is 12.5. The number of rotatable bonds is 5. The minimum absolute atomic E-state index is 0.129. The van der Waals surface area contributed by atoms with Gasteiger partial charge in [-0.25, -0.2) is 15.0 Å². The minimum Gasteiger partial charge on any atom is -0.382 e. The highest BCUT2D eigenvalue weighted by Crippen LogP contribution is 2.39. The zero-order chi connectivity index (χ0) is 27.4. The van der Waals surface area contributed by atoms with E-state index in [9.17, 15) is 9.90 Å². The number of carbonyl (C=O) groups is 1. The van der Waals surface area contributed by atoms with E-state index >= 15 is 0 Å². The maximum absolute atomic E-state index is 12.5. The molecule has 3 aromatic heterocycles. The molecule has 0 radical (unpaired) electrons. The van der Waals surface area contributed by atoms with Crippen LogP contribution >= 0.6 is 0 Å². The molecule has 7 rings (SSSR count). The summed E-state index contributed by atoms with van der Waals surface area (Å²) in [5, 5.41) is 11.6. The molecule has 202 valence electrons. The highest BCUT2D eigenvalue weighted by molar-refractivity contribution is 5.85. The van der Waals surface area contributed by atoms with Gasteiger partial charge in [0.05, 0.1) is 6.33 Å². The molecular formula is C31H31N7O2. The van der Waals surface area contributed by atoms with Crippen molar-refractivity contribution in [3.63, 3.8) is 0 Å². The normalized spacial score (nSPS) is 20.6. The van der Waals surface area contributed by atoms with Crippen LogP contribution < -0.4 is 5.73 Å². The molecule has 2 aliphatic rings. The molecule has 9 nitrogen and oxygen atoms in total. The second-order valence-electron chi connectivity index (χ2n) is 11.0. The molecule has 1 amide bonds. The van der Waals surface area contributed by atoms with E-state index in [1.54, 1.807) is 25.6 Å². The van der Waals surface area contributed by atoms with Crippen LogP contribution in [0.25, 0.3) is 22.5 Å². The quantitative estimate of drug-likeness (QED) is 0.348. The maximum Gasteiger partial charge on any atom is 0.222 e. The number of piperidine rings is 1. The lowest BCUT2D eigenvalue weighted by molar-refractivity contribution is -0.130. The van der Waals surface area contributed by atoms with Crippen molar-refractivity contribution in [2.45, 2.75) is 50.2 Å². The lowest BCUT2D eigenvalue weighted by Gasteiger charge is -2.34. The van der Waals surface area contributed by atoms with Crippen molar-refractivity contribution >= 4 is 17.2 Å². The Kier molecular flexibility index (Phi) is 5.71. The lowest BCUT2D eigenvalue weighted by atomic mass is 9.87. The summed E-state index contributed by atoms with van der Waals surface area (Å²) < 4.78 is 3.95. The Morgan fingerprint density at radius 2 is 1.88 bits per heavy atom. The molecule has 2 saturated heterocycles. The van der Waals surface area contributed by atoms with Gasteiger partial charge in [-0.3, -0.25) is 9.20 Å². The van der Waals surface area contributed by atoms with Gasteiger partial charge < -0.3 is 20.3 Å². The summed E-state index contributed by atoms with van der Waals surface area (Å²) in [6, 6.07) is 16.0. The number of nitrogens with zero attached hydrogens (tertiary/aromatic N) is 6. The number of nitrogens with two attached hydrogens (primary N) is 1. The van der Waals surface area contributed by atoms with Crippen molar-refractivity contribution in [1.82, 2.24) is 28.8 Å². The first-order valence-electron chi connectivity index (χ1n) is 13.7. The summed E-state index contributed by atoms with van der Waals surface area (Å²) in [5.41, 5.74) is 10.1. The number of benzene rings is 2. The third kappa shape index (κ3) is 3.96. The third-order valence-electron chi connectivity index (χ3n) is 8.62. The molecule has 40 heavy (non-hydrogen) atoms. The van der Waals surface area contributed by atoms with E-state index in [0.717, 1.165) is 58.7 Å². The molecule has 3 atom stereocenters. The minimum atomic E-state index is -1.21. The molecule has 3 N–H and O–H groups in total. The number of aromatic nitrogens is 5. The molecule has 1 unspecified atom stereocenters. The number of aliphatic hydroxyl groups is 1. The van der Waals surface area contributed by atoms with Crippen LogP contribution in [-0.4, -0.2) is 52.4 Å². The van der Waals surface area contributed by atoms with Gasteiger partial charge in [0.15, 0.2) is 0 Å². The number of nitrogen functional groups attached to an aromatic ring is 1. The third-order valence-corrected chi connectivity index (χ3v) is 8.62. The number of imidazole rings is 2. The lowest BCUT2D eigenvalue weighted by Crippen LogP contribution is -2.41. The van der Waals surface area contributed by atoms with Gasteiger partial charge in [0, 0.05) is 61.0 Å². The van der Waals surface area contributed by atoms with E-state index in [-0.39, 0.29) is 11.8 Å². The standard InChI is InChI=1S/C31H31N7O2/c1-31(40,23-3-2-4-25(17-23)36-15-13-33-19-36)22-8-5-20(6-9-22)27-28-29(32)34-14-16-37(28)30(35-27)21-7-10-24-11-12-26(39)38(24)18-21/h2-6,8-9,13-17,19,21,24,40H,7,10-12,18H2,1H3,(H2,32,34)/t21-,24+,31?/m1/s1. The number of amides is 1. The summed E-state index contributed by atoms with van der Waals surface area (Å²) in [7, 11) is 0. The van der Waals surface area contributed by atoms with Gasteiger partial charge in [-0.2, -0.15) is 0 Å². The van der Waals surface area contributed by atoms with E-state index < -0.39 is 5.60 Å². The van der Waals surface area contributed by atoms with Gasteiger partial charge in [0.2, 0.25) is 5.91 Å². The molecule has 2 aliphatic heterocycles. The van der Waals surface area contributed by atoms with Crippen LogP contribution in [0.15, 0.2) is 79.6 Å². The van der Waals surface area contributed by atoms with Gasteiger partial charge in [0.25, 0.3) is 0 Å². The number of fused-ring (bicyclic) bond motifs is 2. The Labute approximate surface area is 231 Å². The smallest absolute Gasteiger partial charge is 0.222 e. The summed E-state index contributed by atoms with van der Waals surface area (Å²) >= 11 is 0. The zero-order valence-electron chi connectivity index (χ0n) is 22.3. The van der Waals surface area contributed by atoms with Crippen molar-refractivity contribution in [3.05, 3.63) is 96.6 Å². The van der Waals surface area contributed by atoms with Gasteiger partial charge in [-0.05, 0) is 49.4 Å². The molecule has 0 saturated carbocycles. The number of hydrogen-bond acceptors (Lipinski definition) is 6. The fourth-order valence-corrected chi connectivity index (χ4v) is 6.35. The topological polar surface area (TPSA) is 115 Å². The van der Waals surface area contributed by atoms with Crippen LogP contribution in [0.4, 0.5) is 5.82 Å². The Balaban J connectivity index is 1.23. The van der Waals surface area contributed by atoms with Crippen LogP contribution in [0.2, 0.25) is 0 Å². The van der Waals surface area contributed by atoms with E-state index in [2.05, 4.69) is 9.97 Å². The second kappa shape index (κ2) is 9.31. The van der Waals surface area contributed by atoms with Crippen LogP contribution in [-0.2, 0) is 10.4 Å². The second-order valence-corrected chi connectivity index (χ2v) is 11.0. The summed E-state index contributed by atoms with van der Waals surface area (Å²) in [6.07, 6.45) is 12.5. The van der Waals surface area contributed by atoms with Crippen molar-refractivity contribution in [1.29, 1.82) is 0 Å². The zero-order valence-corrected chi connectivity index (χ0v) is 22.3. The first-order valence-corrected chi connectivity index (χ1v) is 13.7. The average molecular weight is 534 g/mol. The Morgan fingerprint density at radius 1 is 1.02 bits per heavy atom. The molecule has 0 bridgehead atoms. The highest BCUT2D eigenvalue weighted by Gasteiger charge is 2.38. The van der Waals surface area contributed by atoms with Crippen molar-refractivity contribution in [2.75, 3.05) is 12.3 Å². The fourth-order valence-electron chi connectivity index (χ4n) is 6.35. The summed E-state index contributed by atoms with van der Waals surface area (Å²) in [6.45, 7) is 2.49. The molecule has 2 aromatic carbocycles. The molecular weight excluding hydrogens is 502 g/mol. The fraction of sp³-hybridized carbons (Fsp3) is 0.290. The van der Waals surface area contributed by atoms with E-state index in [1.807, 2.05) is 74.8 Å².